The molecule has 4 fully saturated rings. The summed E-state index contributed by atoms with van der Waals surface area (Å²) >= 11 is 0. The average molecular weight is 497 g/mol. The molecule has 2 aromatic heterocycles. The van der Waals surface area contributed by atoms with Gasteiger partial charge < -0.3 is 10.4 Å². The molecule has 3 aliphatic carbocycles. The summed E-state index contributed by atoms with van der Waals surface area (Å²) < 4.78 is 33.5. The van der Waals surface area contributed by atoms with Gasteiger partial charge in [0, 0.05) is 28.2 Å². The molecule has 2 unspecified atom stereocenters. The number of hydrogen-bond acceptors (Lipinski definition) is 4. The molecule has 5 nitrogen and oxygen atoms in total. The van der Waals surface area contributed by atoms with Gasteiger partial charge in [0.1, 0.15) is 22.8 Å². The van der Waals surface area contributed by atoms with Crippen LogP contribution in [-0.2, 0) is 0 Å². The van der Waals surface area contributed by atoms with Gasteiger partial charge in [-0.15, -0.1) is 6.42 Å². The Kier molecular flexibility index (Phi) is 4.38. The van der Waals surface area contributed by atoms with Crippen molar-refractivity contribution in [2.45, 2.75) is 50.0 Å². The van der Waals surface area contributed by atoms with Crippen LogP contribution in [0.4, 0.5) is 8.78 Å². The summed E-state index contributed by atoms with van der Waals surface area (Å²) in [4.78, 5) is 5.00. The Morgan fingerprint density at radius 3 is 2.49 bits per heavy atom. The number of hydrogen-bond donors (Lipinski definition) is 2. The van der Waals surface area contributed by atoms with Crippen molar-refractivity contribution in [2.75, 3.05) is 13.1 Å². The Balaban J connectivity index is 1.46. The number of phenolic OH excluding ortho intramolecular Hbond substituents is 1. The molecule has 3 heterocycles. The zero-order chi connectivity index (χ0) is 25.0. The molecule has 1 saturated heterocycles. The maximum absolute atomic E-state index is 16.8. The second kappa shape index (κ2) is 7.52. The highest BCUT2D eigenvalue weighted by molar-refractivity contribution is 6.03. The number of pyridine rings is 1. The van der Waals surface area contributed by atoms with Crippen LogP contribution in [0.5, 0.6) is 5.75 Å². The van der Waals surface area contributed by atoms with Gasteiger partial charge in [0.2, 0.25) is 0 Å². The van der Waals surface area contributed by atoms with Crippen molar-refractivity contribution in [3.8, 4) is 29.4 Å². The summed E-state index contributed by atoms with van der Waals surface area (Å²) in [5.74, 6) is 3.07. The zero-order valence-corrected chi connectivity index (χ0v) is 20.3. The van der Waals surface area contributed by atoms with Crippen LogP contribution in [0.1, 0.15) is 66.9 Å². The fourth-order valence-corrected chi connectivity index (χ4v) is 6.80. The van der Waals surface area contributed by atoms with Crippen LogP contribution < -0.4 is 5.32 Å². The molecule has 8 rings (SSSR count). The summed E-state index contributed by atoms with van der Waals surface area (Å²) in [7, 11) is 0. The van der Waals surface area contributed by atoms with Gasteiger partial charge in [-0.3, -0.25) is 4.68 Å². The molecule has 0 bridgehead atoms. The molecule has 2 aromatic carbocycles. The van der Waals surface area contributed by atoms with E-state index < -0.39 is 11.6 Å². The zero-order valence-electron chi connectivity index (χ0n) is 20.3. The first kappa shape index (κ1) is 21.6. The summed E-state index contributed by atoms with van der Waals surface area (Å²) in [6.45, 7) is 1.96. The number of halogens is 2. The SMILES string of the molecule is C#Cc1c(F)ccc2cc(O)cc(-c3nc(C4CCC4)c4c(C5C6CNCC65)nn(C5CC5)c4c3F)c12. The standard InChI is InChI=1S/C30H26F2N4O/c1-2-18-22(31)9-6-15-10-17(37)11-19(23(15)18)28-26(32)30-25(27(34-28)14-4-3-5-14)29(35-36(30)16-7-8-16)24-20-12-33-13-21(20)24/h1,6,9-11,14,16,20-21,24,33,37H,3-5,7-8,12-13H2. The second-order valence-electron chi connectivity index (χ2n) is 11.2. The van der Waals surface area contributed by atoms with Crippen LogP contribution in [-0.4, -0.2) is 33.0 Å². The van der Waals surface area contributed by atoms with Crippen molar-refractivity contribution in [1.82, 2.24) is 20.1 Å². The molecule has 2 N–H and O–H groups in total. The summed E-state index contributed by atoms with van der Waals surface area (Å²) in [6.07, 6.45) is 10.8. The van der Waals surface area contributed by atoms with E-state index in [9.17, 15) is 9.50 Å². The predicted molar refractivity (Wildman–Crippen MR) is 137 cm³/mol. The van der Waals surface area contributed by atoms with Crippen molar-refractivity contribution in [1.29, 1.82) is 0 Å². The third-order valence-electron chi connectivity index (χ3n) is 9.08. The molecule has 2 atom stereocenters. The molecular weight excluding hydrogens is 470 g/mol. The van der Waals surface area contributed by atoms with Crippen molar-refractivity contribution < 1.29 is 13.9 Å². The van der Waals surface area contributed by atoms with Crippen molar-refractivity contribution in [3.05, 3.63) is 52.9 Å². The van der Waals surface area contributed by atoms with Crippen molar-refractivity contribution >= 4 is 21.7 Å². The van der Waals surface area contributed by atoms with Gasteiger partial charge in [-0.25, -0.2) is 13.8 Å². The average Bonchev–Trinajstić information content (AvgIpc) is 3.73. The number of piperidine rings is 1. The Labute approximate surface area is 212 Å². The second-order valence-corrected chi connectivity index (χ2v) is 11.2. The van der Waals surface area contributed by atoms with E-state index in [1.54, 1.807) is 6.07 Å². The first-order valence-electron chi connectivity index (χ1n) is 13.3. The maximum atomic E-state index is 16.8. The Bertz CT molecular complexity index is 1670. The highest BCUT2D eigenvalue weighted by Gasteiger charge is 2.56. The number of nitrogens with one attached hydrogen (secondary N) is 1. The van der Waals surface area contributed by atoms with Gasteiger partial charge in [-0.05, 0) is 74.2 Å². The topological polar surface area (TPSA) is 63.0 Å². The summed E-state index contributed by atoms with van der Waals surface area (Å²) in [6, 6.07) is 6.01. The number of terminal acetylenes is 1. The van der Waals surface area contributed by atoms with Crippen LogP contribution in [0.3, 0.4) is 0 Å². The summed E-state index contributed by atoms with van der Waals surface area (Å²) in [5.41, 5.74) is 2.90. The maximum Gasteiger partial charge on any atom is 0.175 e. The molecular formula is C30H26F2N4O. The molecule has 0 radical (unpaired) electrons. The van der Waals surface area contributed by atoms with Crippen LogP contribution in [0.2, 0.25) is 0 Å². The predicted octanol–water partition coefficient (Wildman–Crippen LogP) is 5.75. The molecule has 7 heteroatoms. The first-order valence-corrected chi connectivity index (χ1v) is 13.3. The van der Waals surface area contributed by atoms with Gasteiger partial charge in [0.15, 0.2) is 5.82 Å². The van der Waals surface area contributed by atoms with Gasteiger partial charge in [0.25, 0.3) is 0 Å². The number of phenols is 1. The number of fused-ring (bicyclic) bond motifs is 3. The third kappa shape index (κ3) is 2.99. The van der Waals surface area contributed by atoms with Gasteiger partial charge in [0.05, 0.1) is 23.0 Å². The highest BCUT2D eigenvalue weighted by atomic mass is 19.1. The molecule has 3 saturated carbocycles. The lowest BCUT2D eigenvalue weighted by Gasteiger charge is -2.26. The van der Waals surface area contributed by atoms with E-state index in [4.69, 9.17) is 16.5 Å². The van der Waals surface area contributed by atoms with Crippen LogP contribution in [0.15, 0.2) is 24.3 Å². The Morgan fingerprint density at radius 1 is 1.03 bits per heavy atom. The number of aromatic hydroxyl groups is 1. The minimum absolute atomic E-state index is 0.0433. The lowest BCUT2D eigenvalue weighted by molar-refractivity contribution is 0.413. The largest absolute Gasteiger partial charge is 0.508 e. The third-order valence-corrected chi connectivity index (χ3v) is 9.08. The number of rotatable bonds is 4. The first-order chi connectivity index (χ1) is 18.0. The van der Waals surface area contributed by atoms with Gasteiger partial charge in [-0.1, -0.05) is 18.4 Å². The van der Waals surface area contributed by atoms with Crippen molar-refractivity contribution in [3.63, 3.8) is 0 Å². The molecule has 4 aliphatic rings. The van der Waals surface area contributed by atoms with E-state index in [-0.39, 0.29) is 29.0 Å². The van der Waals surface area contributed by atoms with Gasteiger partial charge in [-0.2, -0.15) is 5.10 Å². The van der Waals surface area contributed by atoms with Crippen LogP contribution in [0, 0.1) is 35.8 Å². The minimum Gasteiger partial charge on any atom is -0.508 e. The molecule has 186 valence electrons. The molecule has 37 heavy (non-hydrogen) atoms. The number of aromatic nitrogens is 3. The molecule has 0 amide bonds. The smallest absolute Gasteiger partial charge is 0.175 e. The fourth-order valence-electron chi connectivity index (χ4n) is 6.80. The molecule has 0 spiro atoms. The molecule has 4 aromatic rings. The van der Waals surface area contributed by atoms with E-state index in [0.717, 1.165) is 62.0 Å². The quantitative estimate of drug-likeness (QED) is 0.353. The van der Waals surface area contributed by atoms with Crippen LogP contribution in [0.25, 0.3) is 32.9 Å². The van der Waals surface area contributed by atoms with E-state index in [1.165, 1.54) is 18.2 Å². The number of nitrogens with zero attached hydrogens (tertiary/aromatic N) is 3. The van der Waals surface area contributed by atoms with E-state index in [0.29, 0.717) is 39.6 Å². The summed E-state index contributed by atoms with van der Waals surface area (Å²) in [5, 5.41) is 20.9. The monoisotopic (exact) mass is 496 g/mol. The number of benzene rings is 2. The van der Waals surface area contributed by atoms with E-state index in [1.807, 2.05) is 4.68 Å². The minimum atomic E-state index is -0.554. The molecule has 1 aliphatic heterocycles. The fraction of sp³-hybridized carbons (Fsp3) is 0.400. The Hall–Kier alpha value is -3.50. The van der Waals surface area contributed by atoms with Gasteiger partial charge >= 0.3 is 0 Å². The van der Waals surface area contributed by atoms with Crippen molar-refractivity contribution in [2.24, 2.45) is 11.8 Å². The normalized spacial score (nSPS) is 24.8. The highest BCUT2D eigenvalue weighted by Crippen LogP contribution is 2.58. The van der Waals surface area contributed by atoms with E-state index >= 15 is 4.39 Å². The lowest BCUT2D eigenvalue weighted by atomic mass is 9.80. The van der Waals surface area contributed by atoms with Crippen LogP contribution >= 0.6 is 0 Å². The van der Waals surface area contributed by atoms with E-state index in [2.05, 4.69) is 11.2 Å². The Morgan fingerprint density at radius 2 is 1.81 bits per heavy atom. The lowest BCUT2D eigenvalue weighted by Crippen LogP contribution is -2.15.